The lowest BCUT2D eigenvalue weighted by atomic mass is 9.60. The standard InChI is InChI=1S/C15H22O2/c1-10-12-8-11(15(3)9-17-15)4-6-14(12,2)7-5-13(10)16/h11H,4-9H2,1-3H3/t11-,14+,15?/m1/s1. The molecule has 17 heavy (non-hydrogen) atoms. The zero-order chi connectivity index (χ0) is 12.3. The number of carbonyl (C=O) groups is 1. The van der Waals surface area contributed by atoms with E-state index in [0.29, 0.717) is 17.1 Å². The van der Waals surface area contributed by atoms with Gasteiger partial charge in [-0.05, 0) is 56.4 Å². The van der Waals surface area contributed by atoms with Crippen LogP contribution in [0.25, 0.3) is 0 Å². The van der Waals surface area contributed by atoms with Gasteiger partial charge in [0.05, 0.1) is 12.2 Å². The fraction of sp³-hybridized carbons (Fsp3) is 0.800. The predicted octanol–water partition coefficient (Wildman–Crippen LogP) is 3.26. The zero-order valence-corrected chi connectivity index (χ0v) is 11.1. The molecule has 0 bridgehead atoms. The van der Waals surface area contributed by atoms with Crippen LogP contribution in [0.2, 0.25) is 0 Å². The third kappa shape index (κ3) is 1.69. The molecule has 1 saturated heterocycles. The van der Waals surface area contributed by atoms with Crippen LogP contribution in [0.5, 0.6) is 0 Å². The molecule has 0 aromatic rings. The molecule has 0 amide bonds. The lowest BCUT2D eigenvalue weighted by Crippen LogP contribution is -2.37. The molecule has 0 spiro atoms. The van der Waals surface area contributed by atoms with Crippen molar-refractivity contribution in [1.29, 1.82) is 0 Å². The summed E-state index contributed by atoms with van der Waals surface area (Å²) >= 11 is 0. The summed E-state index contributed by atoms with van der Waals surface area (Å²) in [6, 6.07) is 0. The van der Waals surface area contributed by atoms with Crippen LogP contribution >= 0.6 is 0 Å². The molecule has 2 aliphatic carbocycles. The molecule has 3 atom stereocenters. The number of hydrogen-bond acceptors (Lipinski definition) is 2. The average Bonchev–Trinajstić information content (AvgIpc) is 3.04. The summed E-state index contributed by atoms with van der Waals surface area (Å²) < 4.78 is 5.60. The number of ketones is 1. The van der Waals surface area contributed by atoms with Crippen LogP contribution in [0.3, 0.4) is 0 Å². The van der Waals surface area contributed by atoms with Crippen LogP contribution in [0.1, 0.15) is 52.9 Å². The van der Waals surface area contributed by atoms with E-state index in [0.717, 1.165) is 31.4 Å². The van der Waals surface area contributed by atoms with E-state index in [1.54, 1.807) is 0 Å². The van der Waals surface area contributed by atoms with Gasteiger partial charge in [-0.25, -0.2) is 0 Å². The van der Waals surface area contributed by atoms with Crippen LogP contribution < -0.4 is 0 Å². The van der Waals surface area contributed by atoms with E-state index in [1.807, 2.05) is 6.92 Å². The molecular formula is C15H22O2. The van der Waals surface area contributed by atoms with Gasteiger partial charge in [-0.1, -0.05) is 12.5 Å². The second-order valence-corrected chi connectivity index (χ2v) is 6.63. The van der Waals surface area contributed by atoms with Crippen molar-refractivity contribution in [1.82, 2.24) is 0 Å². The van der Waals surface area contributed by atoms with Crippen molar-refractivity contribution in [3.63, 3.8) is 0 Å². The van der Waals surface area contributed by atoms with Crippen molar-refractivity contribution in [3.8, 4) is 0 Å². The van der Waals surface area contributed by atoms with Gasteiger partial charge >= 0.3 is 0 Å². The second-order valence-electron chi connectivity index (χ2n) is 6.63. The van der Waals surface area contributed by atoms with Gasteiger partial charge in [-0.2, -0.15) is 0 Å². The summed E-state index contributed by atoms with van der Waals surface area (Å²) in [5.41, 5.74) is 2.93. The lowest BCUT2D eigenvalue weighted by molar-refractivity contribution is -0.117. The summed E-state index contributed by atoms with van der Waals surface area (Å²) in [7, 11) is 0. The minimum atomic E-state index is 0.120. The number of carbonyl (C=O) groups excluding carboxylic acids is 1. The summed E-state index contributed by atoms with van der Waals surface area (Å²) in [6.45, 7) is 7.52. The van der Waals surface area contributed by atoms with Gasteiger partial charge in [0.1, 0.15) is 0 Å². The van der Waals surface area contributed by atoms with Crippen LogP contribution in [0.4, 0.5) is 0 Å². The Balaban J connectivity index is 1.92. The van der Waals surface area contributed by atoms with E-state index in [1.165, 1.54) is 18.4 Å². The van der Waals surface area contributed by atoms with Crippen molar-refractivity contribution in [2.45, 2.75) is 58.5 Å². The molecule has 1 saturated carbocycles. The maximum Gasteiger partial charge on any atom is 0.158 e. The molecule has 0 N–H and O–H groups in total. The SMILES string of the molecule is CC1=C2C[C@H](C3(C)CO3)CC[C@@]2(C)CCC1=O. The molecule has 0 aromatic heterocycles. The zero-order valence-electron chi connectivity index (χ0n) is 11.1. The Bertz CT molecular complexity index is 403. The Morgan fingerprint density at radius 3 is 2.65 bits per heavy atom. The maximum absolute atomic E-state index is 11.9. The molecule has 3 rings (SSSR count). The smallest absolute Gasteiger partial charge is 0.158 e. The van der Waals surface area contributed by atoms with Gasteiger partial charge in [0.15, 0.2) is 5.78 Å². The van der Waals surface area contributed by atoms with Crippen molar-refractivity contribution in [3.05, 3.63) is 11.1 Å². The Morgan fingerprint density at radius 2 is 2.00 bits per heavy atom. The molecule has 94 valence electrons. The molecule has 2 fully saturated rings. The summed E-state index contributed by atoms with van der Waals surface area (Å²) in [6.07, 6.45) is 5.40. The van der Waals surface area contributed by atoms with E-state index < -0.39 is 0 Å². The van der Waals surface area contributed by atoms with Crippen LogP contribution in [0.15, 0.2) is 11.1 Å². The van der Waals surface area contributed by atoms with E-state index in [2.05, 4.69) is 13.8 Å². The molecule has 3 aliphatic rings. The third-order valence-corrected chi connectivity index (χ3v) is 5.46. The number of allylic oxidation sites excluding steroid dienone is 2. The van der Waals surface area contributed by atoms with Gasteiger partial charge in [-0.3, -0.25) is 4.79 Å². The first-order chi connectivity index (χ1) is 7.95. The molecule has 0 aromatic carbocycles. The van der Waals surface area contributed by atoms with E-state index in [9.17, 15) is 4.79 Å². The third-order valence-electron chi connectivity index (χ3n) is 5.46. The Kier molecular flexibility index (Phi) is 2.32. The van der Waals surface area contributed by atoms with Crippen molar-refractivity contribution < 1.29 is 9.53 Å². The molecular weight excluding hydrogens is 212 g/mol. The van der Waals surface area contributed by atoms with Gasteiger partial charge in [-0.15, -0.1) is 0 Å². The number of Topliss-reactive ketones (excluding diaryl/α,β-unsaturated/α-hetero) is 1. The highest BCUT2D eigenvalue weighted by molar-refractivity contribution is 5.96. The minimum absolute atomic E-state index is 0.120. The Labute approximate surface area is 103 Å². The fourth-order valence-corrected chi connectivity index (χ4v) is 3.74. The molecule has 1 heterocycles. The number of epoxide rings is 1. The maximum atomic E-state index is 11.9. The van der Waals surface area contributed by atoms with E-state index in [-0.39, 0.29) is 5.60 Å². The summed E-state index contributed by atoms with van der Waals surface area (Å²) in [5, 5.41) is 0. The van der Waals surface area contributed by atoms with Crippen LogP contribution in [-0.4, -0.2) is 18.0 Å². The quantitative estimate of drug-likeness (QED) is 0.652. The normalized spacial score (nSPS) is 45.8. The molecule has 1 unspecified atom stereocenters. The largest absolute Gasteiger partial charge is 0.370 e. The second kappa shape index (κ2) is 3.44. The summed E-state index contributed by atoms with van der Waals surface area (Å²) in [5.74, 6) is 1.01. The number of fused-ring (bicyclic) bond motifs is 1. The first-order valence-corrected chi connectivity index (χ1v) is 6.82. The minimum Gasteiger partial charge on any atom is -0.370 e. The van der Waals surface area contributed by atoms with E-state index >= 15 is 0 Å². The highest BCUT2D eigenvalue weighted by Crippen LogP contribution is 2.54. The molecule has 0 radical (unpaired) electrons. The van der Waals surface area contributed by atoms with Crippen molar-refractivity contribution in [2.24, 2.45) is 11.3 Å². The fourth-order valence-electron chi connectivity index (χ4n) is 3.74. The molecule has 1 aliphatic heterocycles. The number of rotatable bonds is 1. The highest BCUT2D eigenvalue weighted by atomic mass is 16.6. The highest BCUT2D eigenvalue weighted by Gasteiger charge is 2.51. The van der Waals surface area contributed by atoms with Gasteiger partial charge in [0.25, 0.3) is 0 Å². The molecule has 2 heteroatoms. The predicted molar refractivity (Wildman–Crippen MR) is 66.7 cm³/mol. The van der Waals surface area contributed by atoms with Gasteiger partial charge in [0.2, 0.25) is 0 Å². The topological polar surface area (TPSA) is 29.6 Å². The first-order valence-electron chi connectivity index (χ1n) is 6.82. The van der Waals surface area contributed by atoms with Gasteiger partial charge < -0.3 is 4.74 Å². The van der Waals surface area contributed by atoms with Crippen LogP contribution in [-0.2, 0) is 9.53 Å². The first kappa shape index (κ1) is 11.5. The number of ether oxygens (including phenoxy) is 1. The average molecular weight is 234 g/mol. The monoisotopic (exact) mass is 234 g/mol. The molecule has 2 nitrogen and oxygen atoms in total. The van der Waals surface area contributed by atoms with E-state index in [4.69, 9.17) is 4.74 Å². The summed E-state index contributed by atoms with van der Waals surface area (Å²) in [4.78, 5) is 11.9. The van der Waals surface area contributed by atoms with Gasteiger partial charge in [0, 0.05) is 6.42 Å². The van der Waals surface area contributed by atoms with Crippen molar-refractivity contribution in [2.75, 3.05) is 6.61 Å². The number of hydrogen-bond donors (Lipinski definition) is 0. The Morgan fingerprint density at radius 1 is 1.29 bits per heavy atom. The lowest BCUT2D eigenvalue weighted by Gasteiger charge is -2.44. The van der Waals surface area contributed by atoms with Crippen LogP contribution in [0, 0.1) is 11.3 Å². The Hall–Kier alpha value is -0.630. The van der Waals surface area contributed by atoms with Crippen molar-refractivity contribution >= 4 is 5.78 Å².